The molecule has 1 atom stereocenters. The second-order valence-corrected chi connectivity index (χ2v) is 11.6. The molecule has 2 aromatic carbocycles. The van der Waals surface area contributed by atoms with Crippen LogP contribution in [-0.2, 0) is 0 Å². The van der Waals surface area contributed by atoms with E-state index < -0.39 is 40.9 Å². The molecule has 0 bridgehead atoms. The summed E-state index contributed by atoms with van der Waals surface area (Å²) in [4.78, 5) is 26.4. The lowest BCUT2D eigenvalue weighted by Crippen LogP contribution is -2.12. The molecule has 0 N–H and O–H groups in total. The number of hydrogen-bond acceptors (Lipinski definition) is 8. The first kappa shape index (κ1) is 30.8. The maximum absolute atomic E-state index is 14.2. The second-order valence-electron chi connectivity index (χ2n) is 10.5. The Kier molecular flexibility index (Phi) is 8.16. The van der Waals surface area contributed by atoms with E-state index in [1.807, 2.05) is 0 Å². The SMILES string of the molecule is Cc1cc(C(C)Oc2ccc(Cl)nc2SOc2c(F)c(F)c(F)c(F)c2F)c2oc(-c3cnc(C4CC4)nc3)c(C)c(=O)c2c1. The largest absolute Gasteiger partial charge is 0.483 e. The minimum absolute atomic E-state index is 0.00539. The molecule has 0 radical (unpaired) electrons. The van der Waals surface area contributed by atoms with E-state index in [1.165, 1.54) is 12.1 Å². The maximum Gasteiger partial charge on any atom is 0.215 e. The molecule has 232 valence electrons. The van der Waals surface area contributed by atoms with Gasteiger partial charge in [-0.25, -0.2) is 28.1 Å². The number of pyridine rings is 1. The first-order chi connectivity index (χ1) is 21.4. The normalized spacial score (nSPS) is 13.7. The number of aryl methyl sites for hydroxylation is 1. The summed E-state index contributed by atoms with van der Waals surface area (Å²) in [7, 11) is 0. The molecule has 3 heterocycles. The highest BCUT2D eigenvalue weighted by Crippen LogP contribution is 2.40. The fourth-order valence-electron chi connectivity index (χ4n) is 4.70. The van der Waals surface area contributed by atoms with Gasteiger partial charge in [0.1, 0.15) is 40.5 Å². The molecule has 0 aliphatic heterocycles. The van der Waals surface area contributed by atoms with Gasteiger partial charge in [-0.15, -0.1) is 0 Å². The zero-order chi connectivity index (χ0) is 32.2. The van der Waals surface area contributed by atoms with Gasteiger partial charge in [0, 0.05) is 29.4 Å². The van der Waals surface area contributed by atoms with Gasteiger partial charge in [0.05, 0.1) is 10.9 Å². The molecule has 1 aliphatic rings. The molecule has 14 heteroatoms. The van der Waals surface area contributed by atoms with E-state index in [0.29, 0.717) is 33.8 Å². The lowest BCUT2D eigenvalue weighted by molar-refractivity contribution is 0.219. The monoisotopic (exact) mass is 661 g/mol. The Balaban J connectivity index is 1.35. The minimum Gasteiger partial charge on any atom is -0.483 e. The van der Waals surface area contributed by atoms with Crippen molar-refractivity contribution in [3.63, 3.8) is 0 Å². The van der Waals surface area contributed by atoms with E-state index in [9.17, 15) is 26.7 Å². The predicted octanol–water partition coefficient (Wildman–Crippen LogP) is 8.71. The number of nitrogens with zero attached hydrogens (tertiary/aromatic N) is 3. The van der Waals surface area contributed by atoms with Crippen LogP contribution in [0.25, 0.3) is 22.3 Å². The molecule has 45 heavy (non-hydrogen) atoms. The maximum atomic E-state index is 14.2. The summed E-state index contributed by atoms with van der Waals surface area (Å²) in [5.74, 6) is -11.1. The lowest BCUT2D eigenvalue weighted by Gasteiger charge is -2.19. The Morgan fingerprint density at radius 1 is 0.978 bits per heavy atom. The molecule has 0 spiro atoms. The number of aromatic nitrogens is 3. The van der Waals surface area contributed by atoms with Crippen LogP contribution in [0.2, 0.25) is 5.15 Å². The number of hydrogen-bond donors (Lipinski definition) is 0. The molecule has 1 unspecified atom stereocenters. The molecule has 1 saturated carbocycles. The summed E-state index contributed by atoms with van der Waals surface area (Å²) in [6.07, 6.45) is 4.50. The van der Waals surface area contributed by atoms with Crippen molar-refractivity contribution in [2.45, 2.75) is 50.7 Å². The number of rotatable bonds is 8. The van der Waals surface area contributed by atoms with E-state index in [1.54, 1.807) is 45.3 Å². The smallest absolute Gasteiger partial charge is 0.215 e. The number of halogens is 6. The Hall–Kier alpha value is -4.23. The van der Waals surface area contributed by atoms with Crippen molar-refractivity contribution in [3.8, 4) is 22.8 Å². The number of fused-ring (bicyclic) bond motifs is 1. The molecule has 3 aromatic heterocycles. The van der Waals surface area contributed by atoms with Crippen LogP contribution in [0, 0.1) is 42.9 Å². The van der Waals surface area contributed by atoms with Crippen molar-refractivity contribution in [2.75, 3.05) is 0 Å². The highest BCUT2D eigenvalue weighted by molar-refractivity contribution is 7.95. The summed E-state index contributed by atoms with van der Waals surface area (Å²) >= 11 is 6.19. The summed E-state index contributed by atoms with van der Waals surface area (Å²) in [5, 5.41) is 0.0670. The van der Waals surface area contributed by atoms with Gasteiger partial charge in [-0.1, -0.05) is 11.6 Å². The van der Waals surface area contributed by atoms with Crippen molar-refractivity contribution in [3.05, 3.63) is 104 Å². The van der Waals surface area contributed by atoms with Crippen LogP contribution < -0.4 is 14.3 Å². The summed E-state index contributed by atoms with van der Waals surface area (Å²) in [6.45, 7) is 5.12. The third-order valence-electron chi connectivity index (χ3n) is 7.17. The molecule has 6 rings (SSSR count). The molecule has 7 nitrogen and oxygen atoms in total. The predicted molar refractivity (Wildman–Crippen MR) is 156 cm³/mol. The second kappa shape index (κ2) is 11.9. The first-order valence-electron chi connectivity index (χ1n) is 13.5. The third kappa shape index (κ3) is 5.82. The zero-order valence-corrected chi connectivity index (χ0v) is 25.3. The first-order valence-corrected chi connectivity index (χ1v) is 14.7. The third-order valence-corrected chi connectivity index (χ3v) is 8.09. The summed E-state index contributed by atoms with van der Waals surface area (Å²) < 4.78 is 86.6. The van der Waals surface area contributed by atoms with Gasteiger partial charge < -0.3 is 13.3 Å². The molecule has 0 amide bonds. The molecule has 1 fully saturated rings. The minimum atomic E-state index is -2.32. The fraction of sp³-hybridized carbons (Fsp3) is 0.226. The van der Waals surface area contributed by atoms with Crippen molar-refractivity contribution in [1.82, 2.24) is 15.0 Å². The highest BCUT2D eigenvalue weighted by Gasteiger charge is 2.29. The van der Waals surface area contributed by atoms with E-state index in [-0.39, 0.29) is 39.0 Å². The quantitative estimate of drug-likeness (QED) is 0.0537. The van der Waals surface area contributed by atoms with Crippen LogP contribution in [-0.4, -0.2) is 15.0 Å². The molecule has 5 aromatic rings. The molecular weight excluding hydrogens is 641 g/mol. The summed E-state index contributed by atoms with van der Waals surface area (Å²) in [5.41, 5.74) is 2.12. The van der Waals surface area contributed by atoms with Crippen LogP contribution >= 0.6 is 23.6 Å². The van der Waals surface area contributed by atoms with Gasteiger partial charge >= 0.3 is 0 Å². The Morgan fingerprint density at radius 2 is 1.62 bits per heavy atom. The van der Waals surface area contributed by atoms with Crippen molar-refractivity contribution in [2.24, 2.45) is 0 Å². The fourth-order valence-corrected chi connectivity index (χ4v) is 5.54. The van der Waals surface area contributed by atoms with Gasteiger partial charge in [-0.05, 0) is 63.4 Å². The molecule has 1 aliphatic carbocycles. The van der Waals surface area contributed by atoms with Crippen LogP contribution in [0.3, 0.4) is 0 Å². The Bertz CT molecular complexity index is 2010. The van der Waals surface area contributed by atoms with E-state index in [4.69, 9.17) is 24.9 Å². The Morgan fingerprint density at radius 3 is 2.27 bits per heavy atom. The Labute approximate surface area is 261 Å². The average Bonchev–Trinajstić information content (AvgIpc) is 3.88. The van der Waals surface area contributed by atoms with Gasteiger partial charge in [-0.2, -0.15) is 8.78 Å². The number of ether oxygens (including phenoxy) is 1. The van der Waals surface area contributed by atoms with E-state index in [0.717, 1.165) is 24.2 Å². The van der Waals surface area contributed by atoms with Crippen molar-refractivity contribution >= 4 is 34.6 Å². The van der Waals surface area contributed by atoms with Gasteiger partial charge in [0.15, 0.2) is 16.2 Å². The van der Waals surface area contributed by atoms with Crippen LogP contribution in [0.1, 0.15) is 54.3 Å². The lowest BCUT2D eigenvalue weighted by atomic mass is 10.0. The zero-order valence-electron chi connectivity index (χ0n) is 23.7. The highest BCUT2D eigenvalue weighted by atomic mass is 35.5. The van der Waals surface area contributed by atoms with Crippen LogP contribution in [0.4, 0.5) is 22.0 Å². The molecule has 0 saturated heterocycles. The number of benzene rings is 2. The van der Waals surface area contributed by atoms with E-state index >= 15 is 0 Å². The van der Waals surface area contributed by atoms with Crippen LogP contribution in [0.5, 0.6) is 11.5 Å². The van der Waals surface area contributed by atoms with Gasteiger partial charge in [0.25, 0.3) is 0 Å². The van der Waals surface area contributed by atoms with Crippen LogP contribution in [0.15, 0.2) is 50.9 Å². The van der Waals surface area contributed by atoms with Crippen molar-refractivity contribution < 1.29 is 35.3 Å². The topological polar surface area (TPSA) is 87.3 Å². The van der Waals surface area contributed by atoms with E-state index in [2.05, 4.69) is 15.0 Å². The van der Waals surface area contributed by atoms with Gasteiger partial charge in [0.2, 0.25) is 34.8 Å². The summed E-state index contributed by atoms with van der Waals surface area (Å²) in [6, 6.07) is 6.22. The van der Waals surface area contributed by atoms with Gasteiger partial charge in [-0.3, -0.25) is 4.79 Å². The standard InChI is InChI=1S/C31H21ClF5N3O4S/c1-12-8-17(28-18(9-12)26(41)13(2)27(43-28)16-10-38-30(39-11-16)15-4-5-15)14(3)42-19-6-7-20(32)40-31(19)45-44-29-24(36)22(34)21(33)23(35)25(29)37/h6-11,14-15H,4-5H2,1-3H3. The molecular formula is C31H21ClF5N3O4S. The van der Waals surface area contributed by atoms with Crippen molar-refractivity contribution in [1.29, 1.82) is 0 Å². The average molecular weight is 662 g/mol.